The summed E-state index contributed by atoms with van der Waals surface area (Å²) in [6, 6.07) is 11.3. The number of carbonyl (C=O) groups excluding carboxylic acids is 1. The second kappa shape index (κ2) is 7.47. The van der Waals surface area contributed by atoms with Gasteiger partial charge in [0.15, 0.2) is 0 Å². The largest absolute Gasteiger partial charge is 0.369 e. The fourth-order valence-corrected chi connectivity index (χ4v) is 3.52. The molecule has 128 valence electrons. The third-order valence-corrected chi connectivity index (χ3v) is 5.21. The van der Waals surface area contributed by atoms with Crippen LogP contribution in [0.2, 0.25) is 0 Å². The summed E-state index contributed by atoms with van der Waals surface area (Å²) >= 11 is 3.30. The average Bonchev–Trinajstić information content (AvgIpc) is 3.46. The molecule has 7 heteroatoms. The highest BCUT2D eigenvalue weighted by Gasteiger charge is 2.10. The van der Waals surface area contributed by atoms with Crippen molar-refractivity contribution in [1.82, 2.24) is 19.6 Å². The molecule has 4 aromatic rings. The zero-order valence-electron chi connectivity index (χ0n) is 13.6. The first-order valence-electron chi connectivity index (χ1n) is 7.87. The minimum Gasteiger partial charge on any atom is -0.244 e. The van der Waals surface area contributed by atoms with Crippen molar-refractivity contribution in [3.05, 3.63) is 80.7 Å². The summed E-state index contributed by atoms with van der Waals surface area (Å²) in [7, 11) is 0. The molecule has 4 aromatic heterocycles. The summed E-state index contributed by atoms with van der Waals surface area (Å²) in [5, 5.41) is 12.6. The first kappa shape index (κ1) is 16.4. The Hall–Kier alpha value is -3.03. The van der Waals surface area contributed by atoms with E-state index in [2.05, 4.69) is 10.2 Å². The first-order chi connectivity index (χ1) is 12.8. The van der Waals surface area contributed by atoms with Gasteiger partial charge < -0.3 is 0 Å². The lowest BCUT2D eigenvalue weighted by Gasteiger charge is -1.98. The third kappa shape index (κ3) is 3.79. The van der Waals surface area contributed by atoms with Crippen molar-refractivity contribution in [3.8, 4) is 0 Å². The van der Waals surface area contributed by atoms with Crippen molar-refractivity contribution in [2.24, 2.45) is 0 Å². The van der Waals surface area contributed by atoms with Crippen molar-refractivity contribution >= 4 is 53.0 Å². The number of rotatable bonds is 4. The smallest absolute Gasteiger partial charge is 0.244 e. The van der Waals surface area contributed by atoms with E-state index in [-0.39, 0.29) is 6.03 Å². The van der Waals surface area contributed by atoms with Crippen LogP contribution in [0.15, 0.2) is 59.6 Å². The second-order valence-electron chi connectivity index (χ2n) is 5.35. The van der Waals surface area contributed by atoms with Crippen LogP contribution in [0, 0.1) is 0 Å². The molecule has 0 spiro atoms. The molecule has 26 heavy (non-hydrogen) atoms. The summed E-state index contributed by atoms with van der Waals surface area (Å²) in [5.41, 5.74) is 1.44. The highest BCUT2D eigenvalue weighted by molar-refractivity contribution is 7.11. The van der Waals surface area contributed by atoms with E-state index in [0.29, 0.717) is 0 Å². The van der Waals surface area contributed by atoms with E-state index in [0.717, 1.165) is 21.1 Å². The Bertz CT molecular complexity index is 969. The maximum Gasteiger partial charge on any atom is 0.369 e. The molecule has 5 nitrogen and oxygen atoms in total. The number of thiophene rings is 2. The molecule has 0 unspecified atom stereocenters. The topological polar surface area (TPSA) is 52.7 Å². The Morgan fingerprint density at radius 2 is 1.27 bits per heavy atom. The molecule has 0 saturated carbocycles. The van der Waals surface area contributed by atoms with E-state index in [9.17, 15) is 4.79 Å². The van der Waals surface area contributed by atoms with Crippen LogP contribution in [0.25, 0.3) is 24.3 Å². The zero-order valence-corrected chi connectivity index (χ0v) is 15.2. The Kier molecular flexibility index (Phi) is 4.72. The van der Waals surface area contributed by atoms with Crippen LogP contribution >= 0.6 is 22.7 Å². The molecule has 0 atom stereocenters. The fourth-order valence-electron chi connectivity index (χ4n) is 2.28. The van der Waals surface area contributed by atoms with Gasteiger partial charge in [0.1, 0.15) is 0 Å². The molecule has 4 heterocycles. The van der Waals surface area contributed by atoms with Crippen molar-refractivity contribution in [2.75, 3.05) is 0 Å². The monoisotopic (exact) mass is 378 g/mol. The lowest BCUT2D eigenvalue weighted by molar-refractivity contribution is 0.238. The maximum absolute atomic E-state index is 12.5. The van der Waals surface area contributed by atoms with Crippen molar-refractivity contribution in [3.63, 3.8) is 0 Å². The van der Waals surface area contributed by atoms with Gasteiger partial charge in [-0.15, -0.1) is 22.7 Å². The average molecular weight is 378 g/mol. The van der Waals surface area contributed by atoms with E-state index in [4.69, 9.17) is 0 Å². The zero-order chi connectivity index (χ0) is 17.8. The number of carbonyl (C=O) groups is 1. The Morgan fingerprint density at radius 3 is 1.69 bits per heavy atom. The Labute approximate surface area is 158 Å². The highest BCUT2D eigenvalue weighted by Crippen LogP contribution is 2.14. The number of hydrogen-bond donors (Lipinski definition) is 0. The van der Waals surface area contributed by atoms with Crippen molar-refractivity contribution in [1.29, 1.82) is 0 Å². The van der Waals surface area contributed by atoms with Crippen LogP contribution in [0.5, 0.6) is 0 Å². The Morgan fingerprint density at radius 1 is 0.769 bits per heavy atom. The van der Waals surface area contributed by atoms with Crippen molar-refractivity contribution in [2.45, 2.75) is 0 Å². The number of hydrogen-bond acceptors (Lipinski definition) is 5. The molecule has 0 N–H and O–H groups in total. The molecule has 0 aromatic carbocycles. The summed E-state index contributed by atoms with van der Waals surface area (Å²) < 4.78 is 2.57. The predicted octanol–water partition coefficient (Wildman–Crippen LogP) is 5.06. The van der Waals surface area contributed by atoms with Crippen molar-refractivity contribution < 1.29 is 4.79 Å². The molecule has 0 fully saturated rings. The van der Waals surface area contributed by atoms with Gasteiger partial charge in [0.25, 0.3) is 0 Å². The van der Waals surface area contributed by atoms with Gasteiger partial charge in [0.05, 0.1) is 11.4 Å². The molecule has 0 bridgehead atoms. The van der Waals surface area contributed by atoms with Gasteiger partial charge in [-0.25, -0.2) is 4.79 Å². The van der Waals surface area contributed by atoms with Crippen LogP contribution in [0.1, 0.15) is 21.1 Å². The number of aromatic nitrogens is 4. The second-order valence-corrected chi connectivity index (χ2v) is 7.31. The molecule has 0 aliphatic rings. The quantitative estimate of drug-likeness (QED) is 0.499. The van der Waals surface area contributed by atoms with E-state index < -0.39 is 0 Å². The standard InChI is InChI=1S/C19H14N4OS2/c24-19(22-11-9-15(20-22)5-7-17-3-1-13-25-17)23-12-10-16(21-23)6-8-18-4-2-14-26-18/h1-14H. The van der Waals surface area contributed by atoms with Gasteiger partial charge in [0, 0.05) is 22.1 Å². The summed E-state index contributed by atoms with van der Waals surface area (Å²) in [6.07, 6.45) is 11.0. The molecule has 0 amide bonds. The number of nitrogens with zero attached hydrogens (tertiary/aromatic N) is 4. The SMILES string of the molecule is O=C(n1ccc(C=Cc2cccs2)n1)n1ccc(C=Cc2cccs2)n1. The van der Waals surface area contributed by atoms with E-state index in [1.807, 2.05) is 59.3 Å². The lowest BCUT2D eigenvalue weighted by atomic mass is 10.3. The van der Waals surface area contributed by atoms with Gasteiger partial charge in [-0.1, -0.05) is 12.1 Å². The normalized spacial score (nSPS) is 11.7. The lowest BCUT2D eigenvalue weighted by Crippen LogP contribution is -2.20. The summed E-state index contributed by atoms with van der Waals surface area (Å²) in [4.78, 5) is 14.8. The molecule has 0 aliphatic carbocycles. The maximum atomic E-state index is 12.5. The van der Waals surface area contributed by atoms with Gasteiger partial charge in [-0.05, 0) is 59.3 Å². The van der Waals surface area contributed by atoms with Gasteiger partial charge in [-0.2, -0.15) is 19.6 Å². The Balaban J connectivity index is 1.46. The molecular weight excluding hydrogens is 364 g/mol. The van der Waals surface area contributed by atoms with Gasteiger partial charge in [-0.3, -0.25) is 0 Å². The third-order valence-electron chi connectivity index (χ3n) is 3.53. The van der Waals surface area contributed by atoms with Crippen LogP contribution < -0.4 is 0 Å². The predicted molar refractivity (Wildman–Crippen MR) is 107 cm³/mol. The fraction of sp³-hybridized carbons (Fsp3) is 0. The minimum absolute atomic E-state index is 0.323. The van der Waals surface area contributed by atoms with Gasteiger partial charge >= 0.3 is 6.03 Å². The van der Waals surface area contributed by atoms with E-state index in [1.165, 1.54) is 9.36 Å². The molecule has 0 radical (unpaired) electrons. The van der Waals surface area contributed by atoms with Crippen LogP contribution in [0.3, 0.4) is 0 Å². The molecular formula is C19H14N4OS2. The van der Waals surface area contributed by atoms with E-state index >= 15 is 0 Å². The van der Waals surface area contributed by atoms with E-state index in [1.54, 1.807) is 47.2 Å². The highest BCUT2D eigenvalue weighted by atomic mass is 32.1. The molecule has 4 rings (SSSR count). The van der Waals surface area contributed by atoms with Gasteiger partial charge in [0.2, 0.25) is 0 Å². The summed E-state index contributed by atoms with van der Waals surface area (Å²) in [5.74, 6) is 0. The van der Waals surface area contributed by atoms with Crippen LogP contribution in [-0.2, 0) is 0 Å². The summed E-state index contributed by atoms with van der Waals surface area (Å²) in [6.45, 7) is 0. The molecule has 0 saturated heterocycles. The minimum atomic E-state index is -0.323. The first-order valence-corrected chi connectivity index (χ1v) is 9.63. The van der Waals surface area contributed by atoms with Crippen LogP contribution in [-0.4, -0.2) is 25.6 Å². The van der Waals surface area contributed by atoms with Crippen LogP contribution in [0.4, 0.5) is 4.79 Å². The molecule has 0 aliphatic heterocycles.